The molecule has 86 valence electrons. The molecular formula is C11H21N3O. The first-order chi connectivity index (χ1) is 7.13. The fraction of sp³-hybridized carbons (Fsp3) is 0.727. The molecule has 0 aromatic carbocycles. The van der Waals surface area contributed by atoms with E-state index in [0.717, 1.165) is 26.1 Å². The minimum atomic E-state index is 0.118. The molecule has 1 saturated heterocycles. The molecule has 0 saturated carbocycles. The highest BCUT2D eigenvalue weighted by Gasteiger charge is 2.23. The minimum Gasteiger partial charge on any atom is -0.339 e. The molecule has 1 rings (SSSR count). The highest BCUT2D eigenvalue weighted by atomic mass is 16.2. The number of nitrogens with two attached hydrogens (primary N) is 1. The molecule has 4 heteroatoms. The molecule has 0 unspecified atom stereocenters. The van der Waals surface area contributed by atoms with Crippen LogP contribution in [-0.4, -0.2) is 56.0 Å². The van der Waals surface area contributed by atoms with Crippen LogP contribution in [0.4, 0.5) is 0 Å². The third-order valence-electron chi connectivity index (χ3n) is 2.66. The van der Waals surface area contributed by atoms with Crippen molar-refractivity contribution in [3.05, 3.63) is 12.2 Å². The second kappa shape index (κ2) is 5.88. The van der Waals surface area contributed by atoms with Gasteiger partial charge in [-0.05, 0) is 33.0 Å². The van der Waals surface area contributed by atoms with E-state index in [0.29, 0.717) is 12.5 Å². The zero-order chi connectivity index (χ0) is 11.3. The van der Waals surface area contributed by atoms with E-state index in [1.165, 1.54) is 0 Å². The van der Waals surface area contributed by atoms with E-state index in [9.17, 15) is 4.79 Å². The van der Waals surface area contributed by atoms with Crippen LogP contribution >= 0.6 is 0 Å². The first-order valence-corrected chi connectivity index (χ1v) is 5.43. The zero-order valence-corrected chi connectivity index (χ0v) is 9.65. The Balaban J connectivity index is 2.32. The Hall–Kier alpha value is -0.870. The maximum Gasteiger partial charge on any atom is 0.246 e. The molecule has 1 aliphatic rings. The molecule has 0 bridgehead atoms. The fourth-order valence-corrected chi connectivity index (χ4v) is 1.69. The molecule has 1 amide bonds. The van der Waals surface area contributed by atoms with E-state index in [2.05, 4.69) is 0 Å². The van der Waals surface area contributed by atoms with Crippen molar-refractivity contribution in [2.45, 2.75) is 6.42 Å². The van der Waals surface area contributed by atoms with Crippen LogP contribution in [0.2, 0.25) is 0 Å². The highest BCUT2D eigenvalue weighted by Crippen LogP contribution is 2.14. The summed E-state index contributed by atoms with van der Waals surface area (Å²) in [5.41, 5.74) is 5.57. The molecule has 1 fully saturated rings. The van der Waals surface area contributed by atoms with Gasteiger partial charge in [-0.1, -0.05) is 6.08 Å². The third-order valence-corrected chi connectivity index (χ3v) is 2.66. The van der Waals surface area contributed by atoms with Gasteiger partial charge in [-0.2, -0.15) is 0 Å². The number of rotatable bonds is 4. The van der Waals surface area contributed by atoms with Crippen molar-refractivity contribution in [3.8, 4) is 0 Å². The standard InChI is InChI=1S/C11H21N3O/c1-13(2)6-3-4-11(15)14-7-5-10(8-12)9-14/h3-4,10H,5-9,12H2,1-2H3/b4-3+/t10-/m0/s1. The molecule has 0 aliphatic carbocycles. The molecule has 1 heterocycles. The summed E-state index contributed by atoms with van der Waals surface area (Å²) in [6.07, 6.45) is 4.61. The van der Waals surface area contributed by atoms with Crippen molar-refractivity contribution in [2.24, 2.45) is 11.7 Å². The van der Waals surface area contributed by atoms with Gasteiger partial charge < -0.3 is 15.5 Å². The Morgan fingerprint density at radius 1 is 1.60 bits per heavy atom. The van der Waals surface area contributed by atoms with E-state index in [-0.39, 0.29) is 5.91 Å². The normalized spacial score (nSPS) is 21.9. The third kappa shape index (κ3) is 4.01. The van der Waals surface area contributed by atoms with Crippen molar-refractivity contribution in [1.29, 1.82) is 0 Å². The first kappa shape index (κ1) is 12.2. The van der Waals surface area contributed by atoms with Gasteiger partial charge in [0.1, 0.15) is 0 Å². The lowest BCUT2D eigenvalue weighted by molar-refractivity contribution is -0.125. The average molecular weight is 211 g/mol. The maximum absolute atomic E-state index is 11.7. The predicted octanol–water partition coefficient (Wildman–Crippen LogP) is -0.0886. The number of amides is 1. The topological polar surface area (TPSA) is 49.6 Å². The molecule has 0 aromatic heterocycles. The van der Waals surface area contributed by atoms with Crippen LogP contribution in [-0.2, 0) is 4.79 Å². The first-order valence-electron chi connectivity index (χ1n) is 5.43. The summed E-state index contributed by atoms with van der Waals surface area (Å²) in [6.45, 7) is 3.17. The van der Waals surface area contributed by atoms with Crippen molar-refractivity contribution >= 4 is 5.91 Å². The second-order valence-corrected chi connectivity index (χ2v) is 4.34. The smallest absolute Gasteiger partial charge is 0.246 e. The largest absolute Gasteiger partial charge is 0.339 e. The summed E-state index contributed by atoms with van der Waals surface area (Å²) in [7, 11) is 3.96. The van der Waals surface area contributed by atoms with Gasteiger partial charge in [0.15, 0.2) is 0 Å². The number of likely N-dealkylation sites (tertiary alicyclic amines) is 1. The minimum absolute atomic E-state index is 0.118. The zero-order valence-electron chi connectivity index (χ0n) is 9.65. The molecule has 2 N–H and O–H groups in total. The van der Waals surface area contributed by atoms with Crippen LogP contribution in [0.3, 0.4) is 0 Å². The van der Waals surface area contributed by atoms with Gasteiger partial charge in [-0.25, -0.2) is 0 Å². The van der Waals surface area contributed by atoms with Crippen LogP contribution in [0.15, 0.2) is 12.2 Å². The molecular weight excluding hydrogens is 190 g/mol. The number of hydrogen-bond acceptors (Lipinski definition) is 3. The lowest BCUT2D eigenvalue weighted by Crippen LogP contribution is -2.28. The van der Waals surface area contributed by atoms with Crippen molar-refractivity contribution in [2.75, 3.05) is 40.3 Å². The van der Waals surface area contributed by atoms with Crippen LogP contribution in [0, 0.1) is 5.92 Å². The van der Waals surface area contributed by atoms with E-state index < -0.39 is 0 Å². The van der Waals surface area contributed by atoms with Crippen molar-refractivity contribution in [1.82, 2.24) is 9.80 Å². The van der Waals surface area contributed by atoms with Gasteiger partial charge in [0, 0.05) is 25.7 Å². The Labute approximate surface area is 91.7 Å². The number of nitrogens with zero attached hydrogens (tertiary/aromatic N) is 2. The Morgan fingerprint density at radius 2 is 2.33 bits per heavy atom. The second-order valence-electron chi connectivity index (χ2n) is 4.34. The highest BCUT2D eigenvalue weighted by molar-refractivity contribution is 5.87. The summed E-state index contributed by atoms with van der Waals surface area (Å²) in [5.74, 6) is 0.615. The van der Waals surface area contributed by atoms with Crippen molar-refractivity contribution in [3.63, 3.8) is 0 Å². The van der Waals surface area contributed by atoms with E-state index in [1.54, 1.807) is 6.08 Å². The maximum atomic E-state index is 11.7. The number of hydrogen-bond donors (Lipinski definition) is 1. The van der Waals surface area contributed by atoms with Crippen LogP contribution in [0.5, 0.6) is 0 Å². The van der Waals surface area contributed by atoms with Gasteiger partial charge in [0.05, 0.1) is 0 Å². The summed E-state index contributed by atoms with van der Waals surface area (Å²) in [6, 6.07) is 0. The summed E-state index contributed by atoms with van der Waals surface area (Å²) in [4.78, 5) is 15.6. The summed E-state index contributed by atoms with van der Waals surface area (Å²) in [5, 5.41) is 0. The number of carbonyl (C=O) groups excluding carboxylic acids is 1. The monoisotopic (exact) mass is 211 g/mol. The van der Waals surface area contributed by atoms with Gasteiger partial charge >= 0.3 is 0 Å². The summed E-state index contributed by atoms with van der Waals surface area (Å²) >= 11 is 0. The molecule has 1 atom stereocenters. The van der Waals surface area contributed by atoms with Crippen LogP contribution in [0.25, 0.3) is 0 Å². The van der Waals surface area contributed by atoms with Gasteiger partial charge in [0.2, 0.25) is 5.91 Å². The molecule has 15 heavy (non-hydrogen) atoms. The SMILES string of the molecule is CN(C)C/C=C/C(=O)N1CC[C@@H](CN)C1. The number of likely N-dealkylation sites (N-methyl/N-ethyl adjacent to an activating group) is 1. The Bertz CT molecular complexity index is 238. The van der Waals surface area contributed by atoms with Crippen LogP contribution in [0.1, 0.15) is 6.42 Å². The predicted molar refractivity (Wildman–Crippen MR) is 61.4 cm³/mol. The Morgan fingerprint density at radius 3 is 2.87 bits per heavy atom. The van der Waals surface area contributed by atoms with E-state index >= 15 is 0 Å². The lowest BCUT2D eigenvalue weighted by Gasteiger charge is -2.13. The van der Waals surface area contributed by atoms with Gasteiger partial charge in [-0.3, -0.25) is 4.79 Å². The number of carbonyl (C=O) groups is 1. The average Bonchev–Trinajstić information content (AvgIpc) is 2.65. The lowest BCUT2D eigenvalue weighted by atomic mass is 10.1. The van der Waals surface area contributed by atoms with E-state index in [1.807, 2.05) is 30.0 Å². The quantitative estimate of drug-likeness (QED) is 0.661. The molecule has 0 spiro atoms. The molecule has 0 radical (unpaired) electrons. The molecule has 1 aliphatic heterocycles. The Kier molecular flexibility index (Phi) is 4.78. The van der Waals surface area contributed by atoms with Gasteiger partial charge in [-0.15, -0.1) is 0 Å². The molecule has 4 nitrogen and oxygen atoms in total. The van der Waals surface area contributed by atoms with Crippen molar-refractivity contribution < 1.29 is 4.79 Å². The van der Waals surface area contributed by atoms with Crippen LogP contribution < -0.4 is 5.73 Å². The van der Waals surface area contributed by atoms with E-state index in [4.69, 9.17) is 5.73 Å². The molecule has 0 aromatic rings. The summed E-state index contributed by atoms with van der Waals surface area (Å²) < 4.78 is 0. The van der Waals surface area contributed by atoms with Gasteiger partial charge in [0.25, 0.3) is 0 Å². The fourth-order valence-electron chi connectivity index (χ4n) is 1.69.